The zero-order valence-corrected chi connectivity index (χ0v) is 33.2. The first-order valence-corrected chi connectivity index (χ1v) is 17.3. The van der Waals surface area contributed by atoms with Crippen LogP contribution in [0.1, 0.15) is 11.3 Å². The monoisotopic (exact) mass is 877 g/mol. The van der Waals surface area contributed by atoms with Crippen molar-refractivity contribution in [2.24, 2.45) is 7.05 Å². The number of fused-ring (bicyclic) bond motifs is 3. The first-order chi connectivity index (χ1) is 24.6. The van der Waals surface area contributed by atoms with E-state index in [0.29, 0.717) is 70.9 Å². The van der Waals surface area contributed by atoms with Gasteiger partial charge in [-0.1, -0.05) is 24.3 Å². The van der Waals surface area contributed by atoms with Crippen LogP contribution in [0.5, 0.6) is 0 Å². The molecule has 3 aromatic rings. The van der Waals surface area contributed by atoms with Gasteiger partial charge in [0, 0.05) is 127 Å². The number of carbonyl (C=O) groups is 4. The molecule has 1 amide bonds. The number of hydrogen-bond donors (Lipinski definition) is 5. The molecule has 0 spiro atoms. The number of benzene rings is 2. The minimum atomic E-state index is -1.65. The summed E-state index contributed by atoms with van der Waals surface area (Å²) in [5, 5.41) is 51.5. The van der Waals surface area contributed by atoms with Crippen molar-refractivity contribution in [2.75, 3.05) is 99.7 Å². The fraction of sp³-hybridized carbons (Fsp3) is 0.514. The third-order valence-corrected chi connectivity index (χ3v) is 9.46. The summed E-state index contributed by atoms with van der Waals surface area (Å²) in [4.78, 5) is 59.1. The maximum absolute atomic E-state index is 13.7. The smallest absolute Gasteiger partial charge is 0.480 e. The molecule has 1 fully saturated rings. The van der Waals surface area contributed by atoms with E-state index in [0.717, 1.165) is 32.9 Å². The topological polar surface area (TPSA) is 193 Å². The molecule has 1 aromatic heterocycles. The van der Waals surface area contributed by atoms with E-state index >= 15 is 0 Å². The third-order valence-electron chi connectivity index (χ3n) is 9.46. The molecule has 2 heterocycles. The Morgan fingerprint density at radius 2 is 1.17 bits per heavy atom. The molecule has 4 rings (SSSR count). The number of carbonyl (C=O) groups excluding carboxylic acids is 1. The van der Waals surface area contributed by atoms with Gasteiger partial charge in [-0.25, -0.2) is 0 Å². The average Bonchev–Trinajstić information content (AvgIpc) is 3.06. The molecular formula is C35H51BEuN7O9+. The Balaban J connectivity index is 0.00000756. The van der Waals surface area contributed by atoms with E-state index in [-0.39, 0.29) is 81.5 Å². The van der Waals surface area contributed by atoms with Crippen molar-refractivity contribution in [3.63, 3.8) is 0 Å². The van der Waals surface area contributed by atoms with Crippen molar-refractivity contribution in [3.8, 4) is 0 Å². The van der Waals surface area contributed by atoms with Gasteiger partial charge in [0.25, 0.3) is 0 Å². The van der Waals surface area contributed by atoms with Crippen LogP contribution in [-0.2, 0) is 39.3 Å². The Morgan fingerprint density at radius 1 is 0.698 bits per heavy atom. The molecule has 0 atom stereocenters. The number of carboxylic acid groups (broad SMARTS) is 3. The molecule has 1 aliphatic rings. The van der Waals surface area contributed by atoms with Crippen molar-refractivity contribution in [1.29, 1.82) is 0 Å². The molecule has 5 N–H and O–H groups in total. The van der Waals surface area contributed by atoms with Crippen LogP contribution in [0.4, 0.5) is 0 Å². The van der Waals surface area contributed by atoms with Crippen LogP contribution in [0.15, 0.2) is 36.4 Å². The first-order valence-electron chi connectivity index (χ1n) is 17.3. The molecule has 2 aromatic carbocycles. The zero-order valence-electron chi connectivity index (χ0n) is 30.8. The average molecular weight is 877 g/mol. The van der Waals surface area contributed by atoms with Crippen LogP contribution >= 0.6 is 0 Å². The van der Waals surface area contributed by atoms with E-state index in [1.54, 1.807) is 38.8 Å². The van der Waals surface area contributed by atoms with Crippen LogP contribution in [-0.4, -0.2) is 185 Å². The summed E-state index contributed by atoms with van der Waals surface area (Å²) in [6.07, 6.45) is 0. The summed E-state index contributed by atoms with van der Waals surface area (Å²) in [5.41, 5.74) is 3.18. The summed E-state index contributed by atoms with van der Waals surface area (Å²) in [7, 11) is 5.93. The van der Waals surface area contributed by atoms with Gasteiger partial charge < -0.3 is 30.3 Å². The van der Waals surface area contributed by atoms with Crippen LogP contribution in [0, 0.1) is 49.4 Å². The molecule has 1 aliphatic heterocycles. The number of aliphatic carboxylic acids is 3. The number of nitrogens with zero attached hydrogens (tertiary/aromatic N) is 7. The molecule has 1 radical (unpaired) electrons. The minimum absolute atomic E-state index is 0. The van der Waals surface area contributed by atoms with E-state index in [2.05, 4.69) is 4.57 Å². The van der Waals surface area contributed by atoms with Crippen molar-refractivity contribution in [1.82, 2.24) is 29.4 Å². The predicted molar refractivity (Wildman–Crippen MR) is 195 cm³/mol. The van der Waals surface area contributed by atoms with Gasteiger partial charge in [-0.15, -0.1) is 0 Å². The fourth-order valence-electron chi connectivity index (χ4n) is 6.78. The summed E-state index contributed by atoms with van der Waals surface area (Å²) in [6, 6.07) is 11.5. The van der Waals surface area contributed by atoms with Crippen LogP contribution in [0.3, 0.4) is 0 Å². The second-order valence-corrected chi connectivity index (χ2v) is 13.8. The zero-order chi connectivity index (χ0) is 38.1. The molecule has 289 valence electrons. The second-order valence-electron chi connectivity index (χ2n) is 13.8. The van der Waals surface area contributed by atoms with Crippen LogP contribution in [0.2, 0.25) is 0 Å². The van der Waals surface area contributed by atoms with Gasteiger partial charge in [0.15, 0.2) is 0 Å². The van der Waals surface area contributed by atoms with Crippen molar-refractivity contribution >= 4 is 58.1 Å². The SMILES string of the molecule is CN(C)Cc1c2c(B(O)O)cccc2c2cc(CN(C)C(=O)CN3CCN(CC(=O)O)CCN(CC(=O)O)CCN(CC(=O)O)CC3)ccc2[n+]1C.[Eu]. The molecule has 53 heavy (non-hydrogen) atoms. The number of pyridine rings is 1. The molecule has 0 aliphatic carbocycles. The van der Waals surface area contributed by atoms with Crippen molar-refractivity contribution < 1.29 is 98.5 Å². The van der Waals surface area contributed by atoms with Gasteiger partial charge in [0.05, 0.1) is 43.5 Å². The molecular weight excluding hydrogens is 825 g/mol. The molecule has 0 bridgehead atoms. The Hall–Kier alpha value is -2.64. The minimum Gasteiger partial charge on any atom is -0.480 e. The van der Waals surface area contributed by atoms with E-state index < -0.39 is 25.0 Å². The molecule has 18 heteroatoms. The summed E-state index contributed by atoms with van der Waals surface area (Å²) in [6.45, 7) is 2.68. The molecule has 0 unspecified atom stereocenters. The van der Waals surface area contributed by atoms with Gasteiger partial charge in [-0.2, -0.15) is 4.57 Å². The van der Waals surface area contributed by atoms with E-state index in [9.17, 15) is 44.5 Å². The largest absolute Gasteiger partial charge is 0.489 e. The standard InChI is InChI=1S/C35H50BN7O9.Eu/c1-37(2)20-30-35-26(6-5-7-28(35)36(51)52)27-18-25(8-9-29(27)39(30)4)19-38(3)31(44)21-40-10-12-41(22-32(45)46)14-16-43(24-34(49)50)17-15-42(13-11-40)23-33(47)48;/h5-9,18,51-52H,10-17,19-24H2,1-4H3,(H2-,45,46,47,48,49,50);/p+1. The molecule has 16 nitrogen and oxygen atoms in total. The van der Waals surface area contributed by atoms with E-state index in [4.69, 9.17) is 0 Å². The van der Waals surface area contributed by atoms with Gasteiger partial charge in [-0.3, -0.25) is 43.7 Å². The van der Waals surface area contributed by atoms with Crippen LogP contribution < -0.4 is 10.0 Å². The van der Waals surface area contributed by atoms with Gasteiger partial charge >= 0.3 is 25.0 Å². The number of likely N-dealkylation sites (N-methyl/N-ethyl adjacent to an activating group) is 1. The maximum Gasteiger partial charge on any atom is 0.489 e. The molecule has 1 saturated heterocycles. The number of aromatic nitrogens is 1. The number of rotatable bonds is 13. The fourth-order valence-corrected chi connectivity index (χ4v) is 6.78. The maximum atomic E-state index is 13.7. The quantitative estimate of drug-likeness (QED) is 0.0720. The summed E-state index contributed by atoms with van der Waals surface area (Å²) in [5.74, 6) is -3.22. The van der Waals surface area contributed by atoms with Crippen LogP contribution in [0.25, 0.3) is 21.7 Å². The Morgan fingerprint density at radius 3 is 1.60 bits per heavy atom. The summed E-state index contributed by atoms with van der Waals surface area (Å²) >= 11 is 0. The van der Waals surface area contributed by atoms with Crippen molar-refractivity contribution in [3.05, 3.63) is 47.7 Å². The summed E-state index contributed by atoms with van der Waals surface area (Å²) < 4.78 is 2.06. The number of amides is 1. The first kappa shape index (κ1) is 44.8. The second kappa shape index (κ2) is 20.9. The van der Waals surface area contributed by atoms with Gasteiger partial charge in [0.2, 0.25) is 17.1 Å². The third kappa shape index (κ3) is 13.0. The van der Waals surface area contributed by atoms with E-state index in [1.807, 2.05) is 55.2 Å². The normalized spacial score (nSPS) is 15.8. The predicted octanol–water partition coefficient (Wildman–Crippen LogP) is -2.01. The Kier molecular flexibility index (Phi) is 17.6. The Labute approximate surface area is 350 Å². The number of hydrogen-bond acceptors (Lipinski definition) is 11. The Bertz CT molecular complexity index is 1730. The number of aryl methyl sites for hydroxylation is 1. The van der Waals surface area contributed by atoms with Gasteiger partial charge in [-0.05, 0) is 31.2 Å². The van der Waals surface area contributed by atoms with Gasteiger partial charge in [0.1, 0.15) is 7.05 Å². The van der Waals surface area contributed by atoms with Crippen molar-refractivity contribution in [2.45, 2.75) is 13.1 Å². The van der Waals surface area contributed by atoms with E-state index in [1.165, 1.54) is 0 Å². The number of carboxylic acids is 3. The molecule has 0 saturated carbocycles.